The highest BCUT2D eigenvalue weighted by Crippen LogP contribution is 2.38. The van der Waals surface area contributed by atoms with Crippen LogP contribution in [0.5, 0.6) is 0 Å². The van der Waals surface area contributed by atoms with Gasteiger partial charge in [0, 0.05) is 30.1 Å². The first-order chi connectivity index (χ1) is 21.4. The van der Waals surface area contributed by atoms with Gasteiger partial charge >= 0.3 is 11.8 Å². The lowest BCUT2D eigenvalue weighted by atomic mass is 9.89. The Labute approximate surface area is 261 Å². The molecular formula is C33H41N7O3S. The summed E-state index contributed by atoms with van der Waals surface area (Å²) < 4.78 is 9.01. The van der Waals surface area contributed by atoms with E-state index >= 15 is 0 Å². The second-order valence-electron chi connectivity index (χ2n) is 12.9. The van der Waals surface area contributed by atoms with Crippen molar-refractivity contribution in [1.82, 2.24) is 29.5 Å². The second kappa shape index (κ2) is 12.2. The molecule has 44 heavy (non-hydrogen) atoms. The quantitative estimate of drug-likeness (QED) is 0.290. The number of carbonyl (C=O) groups is 2. The molecule has 3 saturated heterocycles. The standard InChI is InChI=1S/C33H41N7O3S/c1-20-7-9-27(23-8-10-28-25(16-23)37-32(44-28)22-11-13-38(3)14-12-22)39(19-20)33(42)31(41)36-26-18-34-21(2)24-17-35-40(30(24)26)29-6-4-5-15-43-29/h8,10,16-18,20,22,27,29H,4-7,9,11-15,19H2,1-3H3,(H,36,41)/t20-,27+,29?/m0/s1. The Balaban J connectivity index is 1.14. The minimum Gasteiger partial charge on any atom is -0.356 e. The number of piperidine rings is 2. The van der Waals surface area contributed by atoms with Crippen LogP contribution in [0.3, 0.4) is 0 Å². The molecular weight excluding hydrogens is 574 g/mol. The molecule has 3 aromatic heterocycles. The lowest BCUT2D eigenvalue weighted by molar-refractivity contribution is -0.146. The fourth-order valence-electron chi connectivity index (χ4n) is 7.04. The van der Waals surface area contributed by atoms with E-state index in [1.807, 2.05) is 11.6 Å². The van der Waals surface area contributed by atoms with Crippen LogP contribution in [-0.2, 0) is 14.3 Å². The third-order valence-electron chi connectivity index (χ3n) is 9.66. The Bertz CT molecular complexity index is 1690. The Morgan fingerprint density at radius 1 is 1.07 bits per heavy atom. The molecule has 3 aliphatic rings. The van der Waals surface area contributed by atoms with Gasteiger partial charge in [-0.05, 0) is 95.6 Å². The van der Waals surface area contributed by atoms with Gasteiger partial charge in [0.25, 0.3) is 0 Å². The maximum absolute atomic E-state index is 13.9. The van der Waals surface area contributed by atoms with Crippen molar-refractivity contribution < 1.29 is 14.3 Å². The van der Waals surface area contributed by atoms with E-state index in [-0.39, 0.29) is 12.3 Å². The molecule has 6 heterocycles. The number of carbonyl (C=O) groups excluding carboxylic acids is 2. The summed E-state index contributed by atoms with van der Waals surface area (Å²) >= 11 is 1.79. The molecule has 1 unspecified atom stereocenters. The number of anilines is 1. The fraction of sp³-hybridized carbons (Fsp3) is 0.545. The molecule has 10 nitrogen and oxygen atoms in total. The minimum absolute atomic E-state index is 0.181. The molecule has 1 aromatic carbocycles. The highest BCUT2D eigenvalue weighted by atomic mass is 32.1. The molecule has 2 amide bonds. The Hall–Kier alpha value is -3.41. The van der Waals surface area contributed by atoms with E-state index in [4.69, 9.17) is 9.72 Å². The third-order valence-corrected chi connectivity index (χ3v) is 10.9. The zero-order valence-corrected chi connectivity index (χ0v) is 26.6. The molecule has 1 N–H and O–H groups in total. The lowest BCUT2D eigenvalue weighted by Crippen LogP contribution is -2.46. The number of hydrogen-bond acceptors (Lipinski definition) is 8. The van der Waals surface area contributed by atoms with E-state index in [0.717, 1.165) is 85.7 Å². The van der Waals surface area contributed by atoms with Gasteiger partial charge in [0.15, 0.2) is 6.23 Å². The highest BCUT2D eigenvalue weighted by molar-refractivity contribution is 7.18. The number of fused-ring (bicyclic) bond motifs is 2. The van der Waals surface area contributed by atoms with Crippen molar-refractivity contribution in [1.29, 1.82) is 0 Å². The second-order valence-corrected chi connectivity index (χ2v) is 14.0. The van der Waals surface area contributed by atoms with Gasteiger partial charge in [0.05, 0.1) is 44.9 Å². The number of pyridine rings is 1. The Kier molecular flexibility index (Phi) is 8.11. The number of hydrogen-bond donors (Lipinski definition) is 1. The zero-order chi connectivity index (χ0) is 30.4. The van der Waals surface area contributed by atoms with Crippen molar-refractivity contribution in [3.05, 3.63) is 46.9 Å². The first-order valence-corrected chi connectivity index (χ1v) is 16.8. The summed E-state index contributed by atoms with van der Waals surface area (Å²) in [6.45, 7) is 7.47. The van der Waals surface area contributed by atoms with Crippen molar-refractivity contribution in [3.63, 3.8) is 0 Å². The molecule has 0 spiro atoms. The summed E-state index contributed by atoms with van der Waals surface area (Å²) in [6.07, 6.45) is 10.2. The van der Waals surface area contributed by atoms with Crippen LogP contribution in [0.4, 0.5) is 5.69 Å². The summed E-state index contributed by atoms with van der Waals surface area (Å²) in [6, 6.07) is 6.22. The van der Waals surface area contributed by atoms with E-state index in [1.54, 1.807) is 28.6 Å². The number of ether oxygens (including phenoxy) is 1. The molecule has 7 rings (SSSR count). The topological polar surface area (TPSA) is 105 Å². The predicted octanol–water partition coefficient (Wildman–Crippen LogP) is 5.80. The molecule has 11 heteroatoms. The van der Waals surface area contributed by atoms with Crippen molar-refractivity contribution in [2.45, 2.75) is 77.0 Å². The average molecular weight is 616 g/mol. The number of rotatable bonds is 4. The van der Waals surface area contributed by atoms with Gasteiger partial charge in [-0.3, -0.25) is 14.6 Å². The van der Waals surface area contributed by atoms with Crippen LogP contribution in [0.25, 0.3) is 21.1 Å². The van der Waals surface area contributed by atoms with Crippen molar-refractivity contribution in [2.75, 3.05) is 38.6 Å². The van der Waals surface area contributed by atoms with Gasteiger partial charge in [-0.25, -0.2) is 9.67 Å². The first kappa shape index (κ1) is 29.3. The van der Waals surface area contributed by atoms with Gasteiger partial charge < -0.3 is 19.9 Å². The number of nitrogens with one attached hydrogen (secondary N) is 1. The van der Waals surface area contributed by atoms with E-state index in [1.165, 1.54) is 9.71 Å². The molecule has 4 aromatic rings. The van der Waals surface area contributed by atoms with Crippen molar-refractivity contribution in [2.24, 2.45) is 5.92 Å². The Morgan fingerprint density at radius 3 is 2.70 bits per heavy atom. The summed E-state index contributed by atoms with van der Waals surface area (Å²) in [5.74, 6) is -0.374. The molecule has 0 aliphatic carbocycles. The van der Waals surface area contributed by atoms with Crippen LogP contribution in [-0.4, -0.2) is 74.7 Å². The zero-order valence-electron chi connectivity index (χ0n) is 25.8. The number of aromatic nitrogens is 4. The number of nitrogens with zero attached hydrogens (tertiary/aromatic N) is 6. The number of thiazole rings is 1. The summed E-state index contributed by atoms with van der Waals surface area (Å²) in [5.41, 5.74) is 4.06. The normalized spacial score (nSPS) is 23.8. The number of likely N-dealkylation sites (tertiary alicyclic amines) is 2. The SMILES string of the molecule is Cc1ncc(NC(=O)C(=O)N2C[C@@H](C)CC[C@@H]2c2ccc3sc(C4CCN(C)CC4)nc3c2)c2c1cnn2C1CCCCO1. The lowest BCUT2D eigenvalue weighted by Gasteiger charge is -2.38. The van der Waals surface area contributed by atoms with Gasteiger partial charge in [-0.2, -0.15) is 5.10 Å². The maximum atomic E-state index is 13.9. The van der Waals surface area contributed by atoms with E-state index < -0.39 is 11.8 Å². The van der Waals surface area contributed by atoms with Crippen LogP contribution in [0, 0.1) is 12.8 Å². The average Bonchev–Trinajstić information content (AvgIpc) is 3.68. The minimum atomic E-state index is -0.660. The number of amides is 2. The van der Waals surface area contributed by atoms with Crippen LogP contribution >= 0.6 is 11.3 Å². The van der Waals surface area contributed by atoms with Crippen LogP contribution < -0.4 is 5.32 Å². The van der Waals surface area contributed by atoms with Gasteiger partial charge in [0.2, 0.25) is 0 Å². The van der Waals surface area contributed by atoms with E-state index in [2.05, 4.69) is 52.5 Å². The third kappa shape index (κ3) is 5.61. The Morgan fingerprint density at radius 2 is 1.91 bits per heavy atom. The summed E-state index contributed by atoms with van der Waals surface area (Å²) in [4.78, 5) is 41.2. The summed E-state index contributed by atoms with van der Waals surface area (Å²) in [7, 11) is 2.18. The molecule has 0 bridgehead atoms. The van der Waals surface area contributed by atoms with Gasteiger partial charge in [0.1, 0.15) is 0 Å². The van der Waals surface area contributed by atoms with Crippen LogP contribution in [0.15, 0.2) is 30.6 Å². The van der Waals surface area contributed by atoms with Crippen LogP contribution in [0.1, 0.15) is 86.3 Å². The smallest absolute Gasteiger partial charge is 0.314 e. The summed E-state index contributed by atoms with van der Waals surface area (Å²) in [5, 5.41) is 9.56. The van der Waals surface area contributed by atoms with Crippen molar-refractivity contribution >= 4 is 50.0 Å². The highest BCUT2D eigenvalue weighted by Gasteiger charge is 2.35. The van der Waals surface area contributed by atoms with Crippen LogP contribution in [0.2, 0.25) is 0 Å². The predicted molar refractivity (Wildman–Crippen MR) is 172 cm³/mol. The number of benzene rings is 1. The molecule has 0 saturated carbocycles. The first-order valence-electron chi connectivity index (χ1n) is 16.0. The molecule has 0 radical (unpaired) electrons. The molecule has 3 atom stereocenters. The maximum Gasteiger partial charge on any atom is 0.314 e. The van der Waals surface area contributed by atoms with E-state index in [0.29, 0.717) is 30.7 Å². The largest absolute Gasteiger partial charge is 0.356 e. The molecule has 3 aliphatic heterocycles. The molecule has 3 fully saturated rings. The number of aryl methyl sites for hydroxylation is 1. The van der Waals surface area contributed by atoms with E-state index in [9.17, 15) is 9.59 Å². The van der Waals surface area contributed by atoms with Crippen molar-refractivity contribution in [3.8, 4) is 0 Å². The van der Waals surface area contributed by atoms with Gasteiger partial charge in [-0.1, -0.05) is 13.0 Å². The molecule has 232 valence electrons. The fourth-order valence-corrected chi connectivity index (χ4v) is 8.16. The monoisotopic (exact) mass is 615 g/mol. The van der Waals surface area contributed by atoms with Gasteiger partial charge in [-0.15, -0.1) is 11.3 Å².